The van der Waals surface area contributed by atoms with Gasteiger partial charge in [-0.25, -0.2) is 9.88 Å². The lowest BCUT2D eigenvalue weighted by Gasteiger charge is -2.17. The van der Waals surface area contributed by atoms with Crippen LogP contribution in [0.5, 0.6) is 0 Å². The van der Waals surface area contributed by atoms with Crippen molar-refractivity contribution < 1.29 is 9.59 Å². The maximum atomic E-state index is 12.3. The topological polar surface area (TPSA) is 66.1 Å². The molecule has 2 aromatic rings. The molecular formula is C14H13N3O2. The average molecular weight is 255 g/mol. The van der Waals surface area contributed by atoms with Gasteiger partial charge < -0.3 is 4.98 Å². The highest BCUT2D eigenvalue weighted by Gasteiger charge is 2.73. The van der Waals surface area contributed by atoms with Crippen LogP contribution in [0.3, 0.4) is 0 Å². The number of hydrogen-bond donors (Lipinski definition) is 1. The van der Waals surface area contributed by atoms with Crippen molar-refractivity contribution >= 4 is 28.8 Å². The standard InChI is InChI=1S/C14H13N3O2/c1-14(2)9-10(14)12(19)17(11(9)18)13-15-7-5-3-4-6-8(7)16-13/h3-6,9-10H,1-2H3,(H,15,16). The van der Waals surface area contributed by atoms with Crippen LogP contribution >= 0.6 is 0 Å². The van der Waals surface area contributed by atoms with Gasteiger partial charge in [-0.3, -0.25) is 9.59 Å². The number of benzene rings is 1. The summed E-state index contributed by atoms with van der Waals surface area (Å²) in [6, 6.07) is 7.49. The molecule has 0 bridgehead atoms. The number of imide groups is 1. The van der Waals surface area contributed by atoms with E-state index in [1.54, 1.807) is 0 Å². The summed E-state index contributed by atoms with van der Waals surface area (Å²) in [5.74, 6) is -0.251. The van der Waals surface area contributed by atoms with Gasteiger partial charge in [-0.2, -0.15) is 0 Å². The van der Waals surface area contributed by atoms with Crippen molar-refractivity contribution in [2.45, 2.75) is 13.8 Å². The maximum absolute atomic E-state index is 12.3. The summed E-state index contributed by atoms with van der Waals surface area (Å²) in [5.41, 5.74) is 1.41. The molecule has 2 atom stereocenters. The van der Waals surface area contributed by atoms with E-state index in [2.05, 4.69) is 9.97 Å². The zero-order valence-electron chi connectivity index (χ0n) is 10.7. The number of carbonyl (C=O) groups excluding carboxylic acids is 2. The Hall–Kier alpha value is -2.17. The summed E-state index contributed by atoms with van der Waals surface area (Å²) in [6.45, 7) is 3.93. The molecule has 5 heteroatoms. The van der Waals surface area contributed by atoms with E-state index in [4.69, 9.17) is 0 Å². The lowest BCUT2D eigenvalue weighted by molar-refractivity contribution is -0.125. The third-order valence-electron chi connectivity index (χ3n) is 4.39. The minimum absolute atomic E-state index is 0.126. The predicted octanol–water partition coefficient (Wildman–Crippen LogP) is 1.71. The number of nitrogens with zero attached hydrogens (tertiary/aromatic N) is 2. The minimum atomic E-state index is -0.184. The Bertz CT molecular complexity index is 674. The first-order valence-corrected chi connectivity index (χ1v) is 6.34. The molecule has 1 aliphatic heterocycles. The Morgan fingerprint density at radius 2 is 1.79 bits per heavy atom. The average Bonchev–Trinajstić information content (AvgIpc) is 2.68. The van der Waals surface area contributed by atoms with Crippen LogP contribution < -0.4 is 4.90 Å². The Kier molecular flexibility index (Phi) is 1.72. The number of para-hydroxylation sites is 2. The number of nitrogens with one attached hydrogen (secondary N) is 1. The highest BCUT2D eigenvalue weighted by atomic mass is 16.2. The van der Waals surface area contributed by atoms with Crippen molar-refractivity contribution in [2.75, 3.05) is 4.90 Å². The summed E-state index contributed by atoms with van der Waals surface area (Å²) in [4.78, 5) is 33.2. The first kappa shape index (κ1) is 10.7. The molecule has 2 fully saturated rings. The smallest absolute Gasteiger partial charge is 0.240 e. The van der Waals surface area contributed by atoms with E-state index in [0.717, 1.165) is 11.0 Å². The number of aromatic nitrogens is 2. The normalized spacial score (nSPS) is 28.0. The van der Waals surface area contributed by atoms with Crippen molar-refractivity contribution in [1.82, 2.24) is 9.97 Å². The molecule has 2 aliphatic rings. The predicted molar refractivity (Wildman–Crippen MR) is 69.3 cm³/mol. The van der Waals surface area contributed by atoms with Crippen molar-refractivity contribution in [3.8, 4) is 0 Å². The first-order chi connectivity index (χ1) is 9.01. The van der Waals surface area contributed by atoms with E-state index in [-0.39, 0.29) is 29.1 Å². The Morgan fingerprint density at radius 3 is 2.42 bits per heavy atom. The van der Waals surface area contributed by atoms with Gasteiger partial charge in [0.15, 0.2) is 0 Å². The first-order valence-electron chi connectivity index (χ1n) is 6.34. The molecule has 4 rings (SSSR count). The molecule has 1 aromatic heterocycles. The minimum Gasteiger partial charge on any atom is -0.323 e. The fourth-order valence-electron chi connectivity index (χ4n) is 3.20. The Morgan fingerprint density at radius 1 is 1.16 bits per heavy atom. The Balaban J connectivity index is 1.78. The van der Waals surface area contributed by atoms with E-state index in [1.165, 1.54) is 4.90 Å². The second-order valence-corrected chi connectivity index (χ2v) is 5.87. The number of H-pyrrole nitrogens is 1. The van der Waals surface area contributed by atoms with Gasteiger partial charge in [-0.05, 0) is 17.5 Å². The van der Waals surface area contributed by atoms with E-state index in [9.17, 15) is 9.59 Å². The number of fused-ring (bicyclic) bond motifs is 2. The molecule has 0 radical (unpaired) electrons. The molecule has 5 nitrogen and oxygen atoms in total. The Labute approximate surface area is 109 Å². The number of carbonyl (C=O) groups is 2. The molecule has 96 valence electrons. The zero-order chi connectivity index (χ0) is 13.4. The third kappa shape index (κ3) is 1.17. The number of rotatable bonds is 1. The van der Waals surface area contributed by atoms with Crippen LogP contribution in [0.4, 0.5) is 5.95 Å². The van der Waals surface area contributed by atoms with Gasteiger partial charge in [-0.15, -0.1) is 0 Å². The number of aromatic amines is 1. The van der Waals surface area contributed by atoms with Gasteiger partial charge in [0.1, 0.15) is 0 Å². The van der Waals surface area contributed by atoms with Crippen LogP contribution in [-0.4, -0.2) is 21.8 Å². The SMILES string of the molecule is CC1(C)C2C(=O)N(c3nc4ccccc4[nH]3)C(=O)C21. The number of amides is 2. The van der Waals surface area contributed by atoms with Crippen molar-refractivity contribution in [2.24, 2.45) is 17.3 Å². The maximum Gasteiger partial charge on any atom is 0.240 e. The van der Waals surface area contributed by atoms with Crippen LogP contribution in [0.2, 0.25) is 0 Å². The number of piperidine rings is 1. The zero-order valence-corrected chi connectivity index (χ0v) is 10.7. The molecule has 1 aromatic carbocycles. The molecule has 2 heterocycles. The summed E-state index contributed by atoms with van der Waals surface area (Å²) >= 11 is 0. The van der Waals surface area contributed by atoms with E-state index in [0.29, 0.717) is 5.95 Å². The van der Waals surface area contributed by atoms with E-state index >= 15 is 0 Å². The number of anilines is 1. The van der Waals surface area contributed by atoms with Gasteiger partial charge in [0.25, 0.3) is 0 Å². The summed E-state index contributed by atoms with van der Waals surface area (Å²) < 4.78 is 0. The molecule has 2 unspecified atom stereocenters. The van der Waals surface area contributed by atoms with Crippen molar-refractivity contribution in [3.63, 3.8) is 0 Å². The molecule has 19 heavy (non-hydrogen) atoms. The molecule has 1 N–H and O–H groups in total. The van der Waals surface area contributed by atoms with Crippen LogP contribution in [0.1, 0.15) is 13.8 Å². The van der Waals surface area contributed by atoms with E-state index < -0.39 is 0 Å². The summed E-state index contributed by atoms with van der Waals surface area (Å²) in [7, 11) is 0. The molecule has 1 saturated carbocycles. The molecule has 1 saturated heterocycles. The van der Waals surface area contributed by atoms with Gasteiger partial charge >= 0.3 is 0 Å². The molecule has 0 spiro atoms. The molecular weight excluding hydrogens is 242 g/mol. The van der Waals surface area contributed by atoms with Crippen molar-refractivity contribution in [1.29, 1.82) is 0 Å². The number of hydrogen-bond acceptors (Lipinski definition) is 3. The van der Waals surface area contributed by atoms with Gasteiger partial charge in [0.2, 0.25) is 17.8 Å². The second-order valence-electron chi connectivity index (χ2n) is 5.87. The third-order valence-corrected chi connectivity index (χ3v) is 4.39. The lowest BCUT2D eigenvalue weighted by Crippen LogP contribution is -2.37. The van der Waals surface area contributed by atoms with Crippen LogP contribution in [-0.2, 0) is 9.59 Å². The summed E-state index contributed by atoms with van der Waals surface area (Å²) in [5, 5.41) is 0. The number of imidazole rings is 1. The fraction of sp³-hybridized carbons (Fsp3) is 0.357. The summed E-state index contributed by atoms with van der Waals surface area (Å²) in [6.07, 6.45) is 0. The van der Waals surface area contributed by atoms with Gasteiger partial charge in [0, 0.05) is 0 Å². The monoisotopic (exact) mass is 255 g/mol. The second kappa shape index (κ2) is 3.04. The van der Waals surface area contributed by atoms with E-state index in [1.807, 2.05) is 38.1 Å². The highest BCUT2D eigenvalue weighted by molar-refractivity contribution is 6.25. The largest absolute Gasteiger partial charge is 0.323 e. The lowest BCUT2D eigenvalue weighted by atomic mass is 10.1. The van der Waals surface area contributed by atoms with Crippen LogP contribution in [0, 0.1) is 17.3 Å². The van der Waals surface area contributed by atoms with Crippen LogP contribution in [0.25, 0.3) is 11.0 Å². The van der Waals surface area contributed by atoms with Crippen molar-refractivity contribution in [3.05, 3.63) is 24.3 Å². The van der Waals surface area contributed by atoms with Gasteiger partial charge in [-0.1, -0.05) is 26.0 Å². The molecule has 2 amide bonds. The fourth-order valence-corrected chi connectivity index (χ4v) is 3.20. The highest BCUT2D eigenvalue weighted by Crippen LogP contribution is 2.63. The quantitative estimate of drug-likeness (QED) is 0.789. The van der Waals surface area contributed by atoms with Crippen LogP contribution in [0.15, 0.2) is 24.3 Å². The molecule has 1 aliphatic carbocycles. The van der Waals surface area contributed by atoms with Gasteiger partial charge in [0.05, 0.1) is 22.9 Å².